The van der Waals surface area contributed by atoms with Crippen molar-refractivity contribution in [1.82, 2.24) is 9.88 Å². The van der Waals surface area contributed by atoms with Crippen LogP contribution in [0.2, 0.25) is 0 Å². The van der Waals surface area contributed by atoms with Crippen LogP contribution in [0.1, 0.15) is 52.5 Å². The molecule has 0 spiro atoms. The second kappa shape index (κ2) is 4.53. The van der Waals surface area contributed by atoms with Gasteiger partial charge in [-0.15, -0.1) is 0 Å². The Morgan fingerprint density at radius 2 is 2.24 bits per heavy atom. The van der Waals surface area contributed by atoms with Crippen LogP contribution >= 0.6 is 0 Å². The fraction of sp³-hybridized carbons (Fsp3) is 0.412. The summed E-state index contributed by atoms with van der Waals surface area (Å²) < 4.78 is 0. The molecular weight excluding hydrogens is 264 g/mol. The molecule has 4 nitrogen and oxygen atoms in total. The van der Waals surface area contributed by atoms with E-state index in [0.29, 0.717) is 11.6 Å². The van der Waals surface area contributed by atoms with Gasteiger partial charge < -0.3 is 5.11 Å². The minimum absolute atomic E-state index is 0.316. The standard InChI is InChI=1S/C17H18N2O2/c1-10-5-4-6-11-14(17(20)21)12-9-19-8-3-2-7-13(19)16(12)18-15(10)11/h4-6,13H,2-3,7-9H2,1H3,(H,20,21). The highest BCUT2D eigenvalue weighted by molar-refractivity contribution is 6.05. The summed E-state index contributed by atoms with van der Waals surface area (Å²) in [6, 6.07) is 6.12. The number of carboxylic acids is 1. The normalized spacial score (nSPS) is 21.3. The number of hydrogen-bond donors (Lipinski definition) is 1. The van der Waals surface area contributed by atoms with Crippen LogP contribution in [0.25, 0.3) is 10.9 Å². The van der Waals surface area contributed by atoms with Crippen LogP contribution in [0.15, 0.2) is 18.2 Å². The van der Waals surface area contributed by atoms with Crippen LogP contribution in [0, 0.1) is 6.92 Å². The van der Waals surface area contributed by atoms with Gasteiger partial charge in [-0.05, 0) is 31.9 Å². The van der Waals surface area contributed by atoms with Crippen LogP contribution in [0.3, 0.4) is 0 Å². The van der Waals surface area contributed by atoms with Gasteiger partial charge in [-0.1, -0.05) is 24.6 Å². The predicted molar refractivity (Wildman–Crippen MR) is 80.4 cm³/mol. The second-order valence-electron chi connectivity index (χ2n) is 6.11. The summed E-state index contributed by atoms with van der Waals surface area (Å²) in [5, 5.41) is 10.5. The van der Waals surface area contributed by atoms with Crippen molar-refractivity contribution in [2.45, 2.75) is 38.8 Å². The molecule has 2 aliphatic rings. The third kappa shape index (κ3) is 1.79. The Balaban J connectivity index is 2.04. The minimum Gasteiger partial charge on any atom is -0.478 e. The molecule has 0 radical (unpaired) electrons. The number of rotatable bonds is 1. The molecule has 1 atom stereocenters. The Morgan fingerprint density at radius 3 is 3.05 bits per heavy atom. The van der Waals surface area contributed by atoms with Gasteiger partial charge in [0.05, 0.1) is 22.8 Å². The maximum absolute atomic E-state index is 11.8. The average molecular weight is 282 g/mol. The predicted octanol–water partition coefficient (Wildman–Crippen LogP) is 3.28. The lowest BCUT2D eigenvalue weighted by Crippen LogP contribution is -2.27. The fourth-order valence-corrected chi connectivity index (χ4v) is 3.86. The Kier molecular flexibility index (Phi) is 2.76. The van der Waals surface area contributed by atoms with Crippen molar-refractivity contribution in [3.8, 4) is 0 Å². The summed E-state index contributed by atoms with van der Waals surface area (Å²) >= 11 is 0. The first-order valence-corrected chi connectivity index (χ1v) is 7.56. The van der Waals surface area contributed by atoms with Crippen LogP contribution < -0.4 is 0 Å². The van der Waals surface area contributed by atoms with E-state index < -0.39 is 5.97 Å². The molecule has 2 aliphatic heterocycles. The van der Waals surface area contributed by atoms with Crippen molar-refractivity contribution in [2.75, 3.05) is 6.54 Å². The third-order valence-corrected chi connectivity index (χ3v) is 4.85. The fourth-order valence-electron chi connectivity index (χ4n) is 3.86. The zero-order valence-corrected chi connectivity index (χ0v) is 12.1. The van der Waals surface area contributed by atoms with Crippen LogP contribution in [-0.4, -0.2) is 27.5 Å². The molecule has 0 bridgehead atoms. The number of carboxylic acid groups (broad SMARTS) is 1. The number of para-hydroxylation sites is 1. The van der Waals surface area contributed by atoms with Crippen LogP contribution in [-0.2, 0) is 6.54 Å². The van der Waals surface area contributed by atoms with Crippen molar-refractivity contribution < 1.29 is 9.90 Å². The summed E-state index contributed by atoms with van der Waals surface area (Å²) in [5.41, 5.74) is 4.31. The Morgan fingerprint density at radius 1 is 1.38 bits per heavy atom. The third-order valence-electron chi connectivity index (χ3n) is 4.85. The molecule has 21 heavy (non-hydrogen) atoms. The molecule has 0 aliphatic carbocycles. The highest BCUT2D eigenvalue weighted by atomic mass is 16.4. The van der Waals surface area contributed by atoms with Crippen molar-refractivity contribution in [1.29, 1.82) is 0 Å². The van der Waals surface area contributed by atoms with E-state index in [0.717, 1.165) is 47.2 Å². The zero-order valence-electron chi connectivity index (χ0n) is 12.1. The van der Waals surface area contributed by atoms with E-state index in [1.807, 2.05) is 25.1 Å². The molecule has 108 valence electrons. The first kappa shape index (κ1) is 12.8. The number of fused-ring (bicyclic) bond motifs is 4. The van der Waals surface area contributed by atoms with Gasteiger partial charge in [0.1, 0.15) is 0 Å². The second-order valence-corrected chi connectivity index (χ2v) is 6.11. The number of hydrogen-bond acceptors (Lipinski definition) is 3. The minimum atomic E-state index is -0.830. The quantitative estimate of drug-likeness (QED) is 0.872. The molecule has 1 aromatic carbocycles. The summed E-state index contributed by atoms with van der Waals surface area (Å²) in [6.07, 6.45) is 3.50. The monoisotopic (exact) mass is 282 g/mol. The van der Waals surface area contributed by atoms with Gasteiger partial charge in [0.15, 0.2) is 0 Å². The zero-order chi connectivity index (χ0) is 14.6. The highest BCUT2D eigenvalue weighted by Crippen LogP contribution is 2.42. The first-order valence-electron chi connectivity index (χ1n) is 7.56. The van der Waals surface area contributed by atoms with Gasteiger partial charge >= 0.3 is 5.97 Å². The smallest absolute Gasteiger partial charge is 0.336 e. The molecular formula is C17H18N2O2. The summed E-state index contributed by atoms with van der Waals surface area (Å²) in [7, 11) is 0. The first-order chi connectivity index (χ1) is 10.2. The SMILES string of the molecule is Cc1cccc2c(C(=O)O)c3c(nc12)C1CCCCN1C3. The average Bonchev–Trinajstić information content (AvgIpc) is 2.83. The summed E-state index contributed by atoms with van der Waals surface area (Å²) in [6.45, 7) is 3.79. The van der Waals surface area contributed by atoms with Gasteiger partial charge in [0, 0.05) is 17.5 Å². The number of aromatic nitrogens is 1. The number of piperidine rings is 1. The number of aromatic carboxylic acids is 1. The lowest BCUT2D eigenvalue weighted by molar-refractivity contribution is 0.0697. The van der Waals surface area contributed by atoms with E-state index in [9.17, 15) is 9.90 Å². The Bertz CT molecular complexity index is 754. The highest BCUT2D eigenvalue weighted by Gasteiger charge is 2.37. The van der Waals surface area contributed by atoms with Gasteiger partial charge in [-0.2, -0.15) is 0 Å². The van der Waals surface area contributed by atoms with E-state index in [2.05, 4.69) is 4.90 Å². The van der Waals surface area contributed by atoms with Gasteiger partial charge in [0.2, 0.25) is 0 Å². The van der Waals surface area contributed by atoms with E-state index >= 15 is 0 Å². The number of aryl methyl sites for hydroxylation is 1. The van der Waals surface area contributed by atoms with Crippen molar-refractivity contribution >= 4 is 16.9 Å². The molecule has 1 unspecified atom stereocenters. The largest absolute Gasteiger partial charge is 0.478 e. The molecule has 1 N–H and O–H groups in total. The number of benzene rings is 1. The number of nitrogens with zero attached hydrogens (tertiary/aromatic N) is 2. The van der Waals surface area contributed by atoms with Crippen LogP contribution in [0.4, 0.5) is 0 Å². The Labute approximate surface area is 123 Å². The summed E-state index contributed by atoms with van der Waals surface area (Å²) in [5.74, 6) is -0.830. The lowest BCUT2D eigenvalue weighted by atomic mass is 9.96. The van der Waals surface area contributed by atoms with Crippen LogP contribution in [0.5, 0.6) is 0 Å². The lowest BCUT2D eigenvalue weighted by Gasteiger charge is -2.28. The number of carbonyl (C=O) groups is 1. The van der Waals surface area contributed by atoms with Crippen molar-refractivity contribution in [2.24, 2.45) is 0 Å². The molecule has 1 aromatic heterocycles. The van der Waals surface area contributed by atoms with Crippen molar-refractivity contribution in [3.05, 3.63) is 40.6 Å². The molecule has 1 saturated heterocycles. The molecule has 2 aromatic rings. The molecule has 0 amide bonds. The van der Waals surface area contributed by atoms with E-state index in [1.165, 1.54) is 12.8 Å². The number of pyridine rings is 1. The maximum atomic E-state index is 11.8. The summed E-state index contributed by atoms with van der Waals surface area (Å²) in [4.78, 5) is 19.1. The molecule has 4 heteroatoms. The molecule has 4 rings (SSSR count). The molecule has 1 fully saturated rings. The maximum Gasteiger partial charge on any atom is 0.336 e. The van der Waals surface area contributed by atoms with E-state index in [-0.39, 0.29) is 0 Å². The molecule has 0 saturated carbocycles. The molecule has 3 heterocycles. The van der Waals surface area contributed by atoms with Gasteiger partial charge in [0.25, 0.3) is 0 Å². The van der Waals surface area contributed by atoms with E-state index in [1.54, 1.807) is 0 Å². The topological polar surface area (TPSA) is 53.4 Å². The van der Waals surface area contributed by atoms with Gasteiger partial charge in [-0.25, -0.2) is 4.79 Å². The van der Waals surface area contributed by atoms with Gasteiger partial charge in [-0.3, -0.25) is 9.88 Å². The Hall–Kier alpha value is -1.94. The van der Waals surface area contributed by atoms with Crippen molar-refractivity contribution in [3.63, 3.8) is 0 Å². The van der Waals surface area contributed by atoms with E-state index in [4.69, 9.17) is 4.98 Å².